The molecule has 0 radical (unpaired) electrons. The predicted octanol–water partition coefficient (Wildman–Crippen LogP) is 0.582. The van der Waals surface area contributed by atoms with Gasteiger partial charge in [-0.2, -0.15) is 4.31 Å². The normalized spacial score (nSPS) is 22.2. The van der Waals surface area contributed by atoms with E-state index in [1.165, 1.54) is 0 Å². The predicted molar refractivity (Wildman–Crippen MR) is 82.9 cm³/mol. The zero-order chi connectivity index (χ0) is 15.0. The standard InChI is InChI=1S/C15H23N3O2S/c1-12-3-4-13(2)15(9-12)21(19,20)18-10-14(11-18)17-7-5-16-6-8-17/h3-4,9,14,16H,5-8,10-11H2,1-2H3. The Bertz CT molecular complexity index is 618. The van der Waals surface area contributed by atoms with Gasteiger partial charge in [0.05, 0.1) is 4.90 Å². The summed E-state index contributed by atoms with van der Waals surface area (Å²) in [5.74, 6) is 0. The van der Waals surface area contributed by atoms with Crippen molar-refractivity contribution in [3.63, 3.8) is 0 Å². The zero-order valence-electron chi connectivity index (χ0n) is 12.7. The van der Waals surface area contributed by atoms with Gasteiger partial charge in [0.25, 0.3) is 0 Å². The monoisotopic (exact) mass is 309 g/mol. The smallest absolute Gasteiger partial charge is 0.243 e. The molecular formula is C15H23N3O2S. The molecule has 0 spiro atoms. The van der Waals surface area contributed by atoms with Gasteiger partial charge in [0.2, 0.25) is 10.0 Å². The molecule has 1 aromatic rings. The van der Waals surface area contributed by atoms with Gasteiger partial charge in [-0.25, -0.2) is 8.42 Å². The molecular weight excluding hydrogens is 286 g/mol. The summed E-state index contributed by atoms with van der Waals surface area (Å²) in [6, 6.07) is 6.00. The van der Waals surface area contributed by atoms with Crippen molar-refractivity contribution in [2.45, 2.75) is 24.8 Å². The summed E-state index contributed by atoms with van der Waals surface area (Å²) in [6.45, 7) is 9.06. The molecule has 3 rings (SSSR count). The van der Waals surface area contributed by atoms with E-state index >= 15 is 0 Å². The first-order valence-electron chi connectivity index (χ1n) is 7.50. The number of benzene rings is 1. The van der Waals surface area contributed by atoms with Crippen LogP contribution in [0.1, 0.15) is 11.1 Å². The number of piperazine rings is 1. The minimum Gasteiger partial charge on any atom is -0.314 e. The lowest BCUT2D eigenvalue weighted by molar-refractivity contribution is 0.0773. The Morgan fingerprint density at radius 1 is 1.14 bits per heavy atom. The van der Waals surface area contributed by atoms with Gasteiger partial charge in [-0.3, -0.25) is 4.90 Å². The van der Waals surface area contributed by atoms with Gasteiger partial charge in [-0.15, -0.1) is 0 Å². The van der Waals surface area contributed by atoms with Crippen molar-refractivity contribution in [2.75, 3.05) is 39.3 Å². The molecule has 0 aliphatic carbocycles. The van der Waals surface area contributed by atoms with Crippen molar-refractivity contribution in [3.8, 4) is 0 Å². The highest BCUT2D eigenvalue weighted by molar-refractivity contribution is 7.89. The molecule has 0 amide bonds. The molecule has 2 fully saturated rings. The summed E-state index contributed by atoms with van der Waals surface area (Å²) in [4.78, 5) is 2.85. The van der Waals surface area contributed by atoms with Crippen LogP contribution in [0.3, 0.4) is 0 Å². The summed E-state index contributed by atoms with van der Waals surface area (Å²) in [5.41, 5.74) is 1.81. The second kappa shape index (κ2) is 5.68. The third-order valence-electron chi connectivity index (χ3n) is 4.46. The SMILES string of the molecule is Cc1ccc(C)c(S(=O)(=O)N2CC(N3CCNCC3)C2)c1. The van der Waals surface area contributed by atoms with E-state index in [9.17, 15) is 8.42 Å². The van der Waals surface area contributed by atoms with Crippen molar-refractivity contribution < 1.29 is 8.42 Å². The minimum absolute atomic E-state index is 0.381. The molecule has 2 aliphatic rings. The number of nitrogens with one attached hydrogen (secondary N) is 1. The van der Waals surface area contributed by atoms with Crippen LogP contribution in [-0.2, 0) is 10.0 Å². The third-order valence-corrected chi connectivity index (χ3v) is 6.43. The molecule has 116 valence electrons. The number of aryl methyl sites for hydroxylation is 2. The molecule has 5 nitrogen and oxygen atoms in total. The Labute approximate surface area is 127 Å². The first kappa shape index (κ1) is 15.0. The Morgan fingerprint density at radius 3 is 2.48 bits per heavy atom. The van der Waals surface area contributed by atoms with Crippen LogP contribution in [0.2, 0.25) is 0 Å². The van der Waals surface area contributed by atoms with Gasteiger partial charge in [0.1, 0.15) is 0 Å². The van der Waals surface area contributed by atoms with E-state index in [2.05, 4.69) is 10.2 Å². The van der Waals surface area contributed by atoms with Crippen LogP contribution in [0.4, 0.5) is 0 Å². The van der Waals surface area contributed by atoms with Crippen molar-refractivity contribution in [1.82, 2.24) is 14.5 Å². The van der Waals surface area contributed by atoms with Crippen molar-refractivity contribution >= 4 is 10.0 Å². The van der Waals surface area contributed by atoms with Gasteiger partial charge in [0, 0.05) is 45.3 Å². The van der Waals surface area contributed by atoms with Crippen molar-refractivity contribution in [3.05, 3.63) is 29.3 Å². The highest BCUT2D eigenvalue weighted by Crippen LogP contribution is 2.27. The van der Waals surface area contributed by atoms with Crippen LogP contribution in [0.15, 0.2) is 23.1 Å². The number of hydrogen-bond donors (Lipinski definition) is 1. The molecule has 0 atom stereocenters. The van der Waals surface area contributed by atoms with Crippen LogP contribution >= 0.6 is 0 Å². The van der Waals surface area contributed by atoms with Crippen molar-refractivity contribution in [2.24, 2.45) is 0 Å². The van der Waals surface area contributed by atoms with Gasteiger partial charge < -0.3 is 5.32 Å². The minimum atomic E-state index is -3.34. The van der Waals surface area contributed by atoms with E-state index in [4.69, 9.17) is 0 Å². The first-order valence-corrected chi connectivity index (χ1v) is 8.94. The summed E-state index contributed by atoms with van der Waals surface area (Å²) in [7, 11) is -3.34. The summed E-state index contributed by atoms with van der Waals surface area (Å²) >= 11 is 0. The highest BCUT2D eigenvalue weighted by Gasteiger charge is 2.40. The maximum atomic E-state index is 12.7. The third kappa shape index (κ3) is 2.85. The first-order chi connectivity index (χ1) is 9.98. The molecule has 1 aromatic carbocycles. The largest absolute Gasteiger partial charge is 0.314 e. The van der Waals surface area contributed by atoms with E-state index in [1.807, 2.05) is 26.0 Å². The fraction of sp³-hybridized carbons (Fsp3) is 0.600. The quantitative estimate of drug-likeness (QED) is 0.887. The van der Waals surface area contributed by atoms with Crippen molar-refractivity contribution in [1.29, 1.82) is 0 Å². The van der Waals surface area contributed by atoms with Gasteiger partial charge in [-0.05, 0) is 31.0 Å². The molecule has 2 saturated heterocycles. The number of sulfonamides is 1. The second-order valence-electron chi connectivity index (χ2n) is 6.03. The topological polar surface area (TPSA) is 52.7 Å². The van der Waals surface area contributed by atoms with Gasteiger partial charge >= 0.3 is 0 Å². The molecule has 1 N–H and O–H groups in total. The van der Waals surface area contributed by atoms with Crippen LogP contribution < -0.4 is 5.32 Å². The van der Waals surface area contributed by atoms with Crippen LogP contribution in [-0.4, -0.2) is 62.9 Å². The average Bonchev–Trinajstić information content (AvgIpc) is 2.40. The number of nitrogens with zero attached hydrogens (tertiary/aromatic N) is 2. The fourth-order valence-electron chi connectivity index (χ4n) is 3.02. The van der Waals surface area contributed by atoms with E-state index < -0.39 is 10.0 Å². The molecule has 2 heterocycles. The maximum Gasteiger partial charge on any atom is 0.243 e. The zero-order valence-corrected chi connectivity index (χ0v) is 13.5. The van der Waals surface area contributed by atoms with E-state index in [0.29, 0.717) is 24.0 Å². The summed E-state index contributed by atoms with van der Waals surface area (Å²) < 4.78 is 27.0. The molecule has 0 aromatic heterocycles. The Kier molecular flexibility index (Phi) is 4.05. The Balaban J connectivity index is 1.71. The molecule has 0 saturated carbocycles. The second-order valence-corrected chi connectivity index (χ2v) is 7.94. The highest BCUT2D eigenvalue weighted by atomic mass is 32.2. The lowest BCUT2D eigenvalue weighted by Crippen LogP contribution is -2.63. The average molecular weight is 309 g/mol. The molecule has 6 heteroatoms. The van der Waals surface area contributed by atoms with Gasteiger partial charge in [0.15, 0.2) is 0 Å². The fourth-order valence-corrected chi connectivity index (χ4v) is 4.84. The van der Waals surface area contributed by atoms with Gasteiger partial charge in [-0.1, -0.05) is 12.1 Å². The van der Waals surface area contributed by atoms with Crippen LogP contribution in [0, 0.1) is 13.8 Å². The van der Waals surface area contributed by atoms with Crippen LogP contribution in [0.5, 0.6) is 0 Å². The maximum absolute atomic E-state index is 12.7. The summed E-state index contributed by atoms with van der Waals surface area (Å²) in [5, 5.41) is 3.33. The molecule has 0 unspecified atom stereocenters. The molecule has 21 heavy (non-hydrogen) atoms. The van der Waals surface area contributed by atoms with E-state index in [1.54, 1.807) is 10.4 Å². The summed E-state index contributed by atoms with van der Waals surface area (Å²) in [6.07, 6.45) is 0. The molecule has 0 bridgehead atoms. The number of hydrogen-bond acceptors (Lipinski definition) is 4. The lowest BCUT2D eigenvalue weighted by Gasteiger charge is -2.45. The van der Waals surface area contributed by atoms with E-state index in [0.717, 1.165) is 37.3 Å². The Hall–Kier alpha value is -0.950. The van der Waals surface area contributed by atoms with E-state index in [-0.39, 0.29) is 0 Å². The number of rotatable bonds is 3. The lowest BCUT2D eigenvalue weighted by atomic mass is 10.1. The molecule has 2 aliphatic heterocycles. The Morgan fingerprint density at radius 2 is 1.81 bits per heavy atom. The van der Waals surface area contributed by atoms with Crippen LogP contribution in [0.25, 0.3) is 0 Å².